The first-order valence-electron chi connectivity index (χ1n) is 4.90. The molecule has 5 nitrogen and oxygen atoms in total. The molecule has 0 spiro atoms. The Kier molecular flexibility index (Phi) is 3.01. The molecule has 0 aromatic heterocycles. The van der Waals surface area contributed by atoms with Crippen molar-refractivity contribution in [3.8, 4) is 0 Å². The Labute approximate surface area is 104 Å². The first kappa shape index (κ1) is 12.2. The van der Waals surface area contributed by atoms with Gasteiger partial charge in [0.1, 0.15) is 6.10 Å². The molecule has 0 saturated carbocycles. The Morgan fingerprint density at radius 1 is 1.35 bits per heavy atom. The van der Waals surface area contributed by atoms with E-state index < -0.39 is 22.2 Å². The van der Waals surface area contributed by atoms with E-state index in [0.717, 1.165) is 4.31 Å². The summed E-state index contributed by atoms with van der Waals surface area (Å²) in [5.74, 6) is 0. The van der Waals surface area contributed by atoms with Crippen molar-refractivity contribution < 1.29 is 17.9 Å². The van der Waals surface area contributed by atoms with E-state index in [-0.39, 0.29) is 11.4 Å². The van der Waals surface area contributed by atoms with Crippen LogP contribution >= 0.6 is 11.6 Å². The fourth-order valence-corrected chi connectivity index (χ4v) is 3.01. The van der Waals surface area contributed by atoms with Crippen molar-refractivity contribution in [2.45, 2.75) is 17.9 Å². The molecule has 0 radical (unpaired) electrons. The van der Waals surface area contributed by atoms with E-state index in [2.05, 4.69) is 0 Å². The number of carbonyl (C=O) groups is 1. The number of hydrogen-bond acceptors (Lipinski definition) is 4. The summed E-state index contributed by atoms with van der Waals surface area (Å²) in [4.78, 5) is 11.4. The van der Waals surface area contributed by atoms with Crippen molar-refractivity contribution in [1.29, 1.82) is 0 Å². The molecule has 1 unspecified atom stereocenters. The summed E-state index contributed by atoms with van der Waals surface area (Å²) in [6, 6.07) is 5.63. The molecule has 0 bridgehead atoms. The van der Waals surface area contributed by atoms with Crippen molar-refractivity contribution in [3.63, 3.8) is 0 Å². The van der Waals surface area contributed by atoms with Gasteiger partial charge in [-0.25, -0.2) is 13.2 Å². The molecule has 1 aliphatic rings. The number of halogens is 1. The molecule has 7 heteroatoms. The van der Waals surface area contributed by atoms with Gasteiger partial charge in [0.05, 0.1) is 11.4 Å². The molecule has 2 rings (SSSR count). The summed E-state index contributed by atoms with van der Waals surface area (Å²) < 4.78 is 29.7. The first-order chi connectivity index (χ1) is 7.91. The Morgan fingerprint density at radius 2 is 1.94 bits per heavy atom. The Morgan fingerprint density at radius 3 is 2.41 bits per heavy atom. The van der Waals surface area contributed by atoms with Crippen LogP contribution in [-0.4, -0.2) is 31.5 Å². The van der Waals surface area contributed by atoms with E-state index in [9.17, 15) is 13.2 Å². The van der Waals surface area contributed by atoms with Crippen LogP contribution in [0.5, 0.6) is 0 Å². The van der Waals surface area contributed by atoms with Crippen LogP contribution in [0.2, 0.25) is 5.02 Å². The van der Waals surface area contributed by atoms with E-state index in [0.29, 0.717) is 5.02 Å². The van der Waals surface area contributed by atoms with Crippen LogP contribution in [0.1, 0.15) is 6.92 Å². The highest BCUT2D eigenvalue weighted by atomic mass is 35.5. The van der Waals surface area contributed by atoms with Crippen LogP contribution < -0.4 is 0 Å². The molecular formula is C10H10ClNO4S. The minimum absolute atomic E-state index is 0.0213. The minimum atomic E-state index is -3.84. The summed E-state index contributed by atoms with van der Waals surface area (Å²) in [6.07, 6.45) is -1.27. The zero-order valence-electron chi connectivity index (χ0n) is 8.96. The minimum Gasteiger partial charge on any atom is -0.444 e. The van der Waals surface area contributed by atoms with Crippen molar-refractivity contribution in [1.82, 2.24) is 4.31 Å². The topological polar surface area (TPSA) is 63.7 Å². The number of cyclic esters (lactones) is 1. The van der Waals surface area contributed by atoms with E-state index >= 15 is 0 Å². The first-order valence-corrected chi connectivity index (χ1v) is 6.72. The molecule has 1 aromatic carbocycles. The third-order valence-corrected chi connectivity index (χ3v) is 4.33. The molecule has 0 aliphatic carbocycles. The van der Waals surface area contributed by atoms with Gasteiger partial charge < -0.3 is 4.74 Å². The van der Waals surface area contributed by atoms with E-state index in [1.165, 1.54) is 24.3 Å². The van der Waals surface area contributed by atoms with Crippen LogP contribution in [0.4, 0.5) is 4.79 Å². The number of carbonyl (C=O) groups excluding carboxylic acids is 1. The second-order valence-corrected chi connectivity index (χ2v) is 5.98. The number of sulfonamides is 1. The predicted octanol–water partition coefficient (Wildman–Crippen LogP) is 1.87. The average molecular weight is 276 g/mol. The van der Waals surface area contributed by atoms with Crippen LogP contribution in [0, 0.1) is 0 Å². The number of benzene rings is 1. The number of hydrogen-bond donors (Lipinski definition) is 0. The molecule has 1 heterocycles. The van der Waals surface area contributed by atoms with Crippen molar-refractivity contribution in [2.24, 2.45) is 0 Å². The highest BCUT2D eigenvalue weighted by molar-refractivity contribution is 7.89. The van der Waals surface area contributed by atoms with Gasteiger partial charge >= 0.3 is 6.09 Å². The maximum Gasteiger partial charge on any atom is 0.424 e. The maximum absolute atomic E-state index is 12.1. The highest BCUT2D eigenvalue weighted by Crippen LogP contribution is 2.23. The maximum atomic E-state index is 12.1. The zero-order valence-corrected chi connectivity index (χ0v) is 10.5. The summed E-state index contributed by atoms with van der Waals surface area (Å²) in [5, 5.41) is 0.432. The van der Waals surface area contributed by atoms with Gasteiger partial charge in [-0.1, -0.05) is 11.6 Å². The van der Waals surface area contributed by atoms with Gasteiger partial charge in [-0.05, 0) is 31.2 Å². The van der Waals surface area contributed by atoms with Gasteiger partial charge in [0.2, 0.25) is 0 Å². The van der Waals surface area contributed by atoms with Crippen LogP contribution in [-0.2, 0) is 14.8 Å². The largest absolute Gasteiger partial charge is 0.444 e. The third-order valence-electron chi connectivity index (χ3n) is 2.33. The van der Waals surface area contributed by atoms with E-state index in [4.69, 9.17) is 16.3 Å². The SMILES string of the molecule is CC1CN(S(=O)(=O)c2ccc(Cl)cc2)C(=O)O1. The lowest BCUT2D eigenvalue weighted by molar-refractivity contribution is 0.144. The van der Waals surface area contributed by atoms with Crippen LogP contribution in [0.25, 0.3) is 0 Å². The molecule has 0 N–H and O–H groups in total. The molecule has 17 heavy (non-hydrogen) atoms. The van der Waals surface area contributed by atoms with Crippen molar-refractivity contribution >= 4 is 27.7 Å². The number of rotatable bonds is 2. The molecule has 1 atom stereocenters. The quantitative estimate of drug-likeness (QED) is 0.826. The Hall–Kier alpha value is -1.27. The Bertz CT molecular complexity index is 540. The number of nitrogens with zero attached hydrogens (tertiary/aromatic N) is 1. The van der Waals surface area contributed by atoms with Gasteiger partial charge in [-0.3, -0.25) is 0 Å². The molecule has 92 valence electrons. The average Bonchev–Trinajstić information content (AvgIpc) is 2.59. The predicted molar refractivity (Wildman–Crippen MR) is 61.3 cm³/mol. The lowest BCUT2D eigenvalue weighted by Gasteiger charge is -2.13. The Balaban J connectivity index is 2.37. The summed E-state index contributed by atoms with van der Waals surface area (Å²) in [7, 11) is -3.84. The third kappa shape index (κ3) is 2.23. The zero-order chi connectivity index (χ0) is 12.6. The van der Waals surface area contributed by atoms with Gasteiger partial charge in [-0.15, -0.1) is 0 Å². The van der Waals surface area contributed by atoms with Gasteiger partial charge in [0.25, 0.3) is 10.0 Å². The van der Waals surface area contributed by atoms with Crippen LogP contribution in [0.15, 0.2) is 29.2 Å². The normalized spacial score (nSPS) is 20.5. The fourth-order valence-electron chi connectivity index (χ4n) is 1.51. The fraction of sp³-hybridized carbons (Fsp3) is 0.300. The second-order valence-electron chi connectivity index (χ2n) is 3.68. The standard InChI is InChI=1S/C10H10ClNO4S/c1-7-6-12(10(13)16-7)17(14,15)9-4-2-8(11)3-5-9/h2-5,7H,6H2,1H3. The van der Waals surface area contributed by atoms with Crippen LogP contribution in [0.3, 0.4) is 0 Å². The molecule has 1 fully saturated rings. The molecule has 1 aliphatic heterocycles. The second kappa shape index (κ2) is 4.19. The van der Waals surface area contributed by atoms with Crippen molar-refractivity contribution in [2.75, 3.05) is 6.54 Å². The highest BCUT2D eigenvalue weighted by Gasteiger charge is 2.38. The van der Waals surface area contributed by atoms with Crippen molar-refractivity contribution in [3.05, 3.63) is 29.3 Å². The number of amides is 1. The van der Waals surface area contributed by atoms with E-state index in [1.54, 1.807) is 6.92 Å². The monoisotopic (exact) mass is 275 g/mol. The smallest absolute Gasteiger partial charge is 0.424 e. The molecule has 1 amide bonds. The van der Waals surface area contributed by atoms with Gasteiger partial charge in [-0.2, -0.15) is 4.31 Å². The molecule has 1 saturated heterocycles. The summed E-state index contributed by atoms with van der Waals surface area (Å²) in [6.45, 7) is 1.67. The molecule has 1 aromatic rings. The number of ether oxygens (including phenoxy) is 1. The summed E-state index contributed by atoms with van der Waals surface area (Å²) in [5.41, 5.74) is 0. The summed E-state index contributed by atoms with van der Waals surface area (Å²) >= 11 is 5.67. The van der Waals surface area contributed by atoms with Gasteiger partial charge in [0, 0.05) is 5.02 Å². The van der Waals surface area contributed by atoms with Gasteiger partial charge in [0.15, 0.2) is 0 Å². The molecular weight excluding hydrogens is 266 g/mol. The lowest BCUT2D eigenvalue weighted by Crippen LogP contribution is -2.32. The lowest BCUT2D eigenvalue weighted by atomic mass is 10.4. The van der Waals surface area contributed by atoms with E-state index in [1.807, 2.05) is 0 Å².